The molecule has 2 rings (SSSR count). The third kappa shape index (κ3) is 4.16. The maximum absolute atomic E-state index is 11.1. The van der Waals surface area contributed by atoms with Crippen molar-refractivity contribution in [1.29, 1.82) is 0 Å². The fourth-order valence-electron chi connectivity index (χ4n) is 2.58. The largest absolute Gasteiger partial charge is 0.381 e. The maximum atomic E-state index is 11.1. The van der Waals surface area contributed by atoms with Crippen LogP contribution in [0, 0.1) is 5.41 Å². The third-order valence-electron chi connectivity index (χ3n) is 3.35. The molecule has 0 spiro atoms. The van der Waals surface area contributed by atoms with E-state index in [1.54, 1.807) is 0 Å². The van der Waals surface area contributed by atoms with Gasteiger partial charge >= 0.3 is 0 Å². The van der Waals surface area contributed by atoms with E-state index in [1.807, 2.05) is 36.0 Å². The molecule has 1 fully saturated rings. The van der Waals surface area contributed by atoms with Crippen molar-refractivity contribution in [2.45, 2.75) is 32.7 Å². The van der Waals surface area contributed by atoms with Crippen LogP contribution in [0.5, 0.6) is 0 Å². The normalized spacial score (nSPS) is 21.9. The van der Waals surface area contributed by atoms with Gasteiger partial charge < -0.3 is 11.1 Å². The van der Waals surface area contributed by atoms with Gasteiger partial charge in [0.25, 0.3) is 0 Å². The molecule has 0 aliphatic carbocycles. The number of benzene rings is 1. The first kappa shape index (κ1) is 14.3. The van der Waals surface area contributed by atoms with Gasteiger partial charge in [-0.1, -0.05) is 32.0 Å². The van der Waals surface area contributed by atoms with Crippen molar-refractivity contribution in [2.75, 3.05) is 16.8 Å². The second kappa shape index (κ2) is 5.87. The van der Waals surface area contributed by atoms with Crippen molar-refractivity contribution >= 4 is 23.4 Å². The van der Waals surface area contributed by atoms with Crippen molar-refractivity contribution in [3.05, 3.63) is 29.8 Å². The minimum atomic E-state index is -0.285. The van der Waals surface area contributed by atoms with E-state index in [-0.39, 0.29) is 5.91 Å². The standard InChI is InChI=1S/C15H22N2OS/c1-15(2)8-12(9-19-10-15)17-13-6-4-3-5-11(13)7-14(16)18/h3-6,12,17H,7-10H2,1-2H3,(H2,16,18). The van der Waals surface area contributed by atoms with Crippen molar-refractivity contribution in [3.8, 4) is 0 Å². The molecule has 104 valence electrons. The highest BCUT2D eigenvalue weighted by Crippen LogP contribution is 2.35. The van der Waals surface area contributed by atoms with Gasteiger partial charge in [0, 0.05) is 17.5 Å². The van der Waals surface area contributed by atoms with Crippen LogP contribution in [0.15, 0.2) is 24.3 Å². The van der Waals surface area contributed by atoms with Crippen LogP contribution in [-0.4, -0.2) is 23.5 Å². The molecule has 0 aromatic heterocycles. The van der Waals surface area contributed by atoms with Gasteiger partial charge in [-0.25, -0.2) is 0 Å². The smallest absolute Gasteiger partial charge is 0.221 e. The van der Waals surface area contributed by atoms with Gasteiger partial charge in [0.05, 0.1) is 6.42 Å². The molecule has 1 saturated heterocycles. The number of primary amides is 1. The molecule has 1 unspecified atom stereocenters. The predicted octanol–water partition coefficient (Wildman–Crippen LogP) is 2.66. The van der Waals surface area contributed by atoms with Crippen LogP contribution in [0.1, 0.15) is 25.8 Å². The Kier molecular flexibility index (Phi) is 4.40. The van der Waals surface area contributed by atoms with Crippen molar-refractivity contribution < 1.29 is 4.79 Å². The molecular weight excluding hydrogens is 256 g/mol. The van der Waals surface area contributed by atoms with Gasteiger partial charge in [-0.3, -0.25) is 4.79 Å². The third-order valence-corrected chi connectivity index (χ3v) is 4.98. The molecule has 1 aromatic rings. The monoisotopic (exact) mass is 278 g/mol. The molecule has 1 heterocycles. The van der Waals surface area contributed by atoms with Crippen molar-refractivity contribution in [2.24, 2.45) is 11.1 Å². The molecule has 1 aliphatic rings. The number of thioether (sulfide) groups is 1. The molecule has 3 nitrogen and oxygen atoms in total. The molecule has 3 N–H and O–H groups in total. The molecule has 0 saturated carbocycles. The number of hydrogen-bond acceptors (Lipinski definition) is 3. The number of anilines is 1. The lowest BCUT2D eigenvalue weighted by molar-refractivity contribution is -0.117. The summed E-state index contributed by atoms with van der Waals surface area (Å²) < 4.78 is 0. The zero-order valence-electron chi connectivity index (χ0n) is 11.6. The Morgan fingerprint density at radius 1 is 1.47 bits per heavy atom. The summed E-state index contributed by atoms with van der Waals surface area (Å²) in [4.78, 5) is 11.1. The van der Waals surface area contributed by atoms with Gasteiger partial charge in [-0.05, 0) is 29.2 Å². The number of nitrogens with two attached hydrogens (primary N) is 1. The van der Waals surface area contributed by atoms with E-state index in [2.05, 4.69) is 19.2 Å². The molecule has 1 amide bonds. The van der Waals surface area contributed by atoms with Crippen LogP contribution >= 0.6 is 11.8 Å². The van der Waals surface area contributed by atoms with Crippen LogP contribution in [0.4, 0.5) is 5.69 Å². The summed E-state index contributed by atoms with van der Waals surface area (Å²) in [5, 5.41) is 3.58. The minimum absolute atomic E-state index is 0.285. The fourth-order valence-corrected chi connectivity index (χ4v) is 3.85. The quantitative estimate of drug-likeness (QED) is 0.890. The van der Waals surface area contributed by atoms with Crippen LogP contribution in [-0.2, 0) is 11.2 Å². The zero-order valence-corrected chi connectivity index (χ0v) is 12.4. The first-order chi connectivity index (χ1) is 8.96. The maximum Gasteiger partial charge on any atom is 0.221 e. The van der Waals surface area contributed by atoms with Gasteiger partial charge in [0.2, 0.25) is 5.91 Å². The number of amides is 1. The van der Waals surface area contributed by atoms with Gasteiger partial charge in [0.15, 0.2) is 0 Å². The number of carbonyl (C=O) groups excluding carboxylic acids is 1. The van der Waals surface area contributed by atoms with E-state index < -0.39 is 0 Å². The molecular formula is C15H22N2OS. The molecule has 1 aliphatic heterocycles. The second-order valence-electron chi connectivity index (χ2n) is 6.02. The molecule has 0 radical (unpaired) electrons. The topological polar surface area (TPSA) is 55.1 Å². The lowest BCUT2D eigenvalue weighted by Gasteiger charge is -2.36. The van der Waals surface area contributed by atoms with Gasteiger partial charge in [0.1, 0.15) is 0 Å². The number of carbonyl (C=O) groups is 1. The Morgan fingerprint density at radius 2 is 2.21 bits per heavy atom. The summed E-state index contributed by atoms with van der Waals surface area (Å²) in [6.45, 7) is 4.62. The fraction of sp³-hybridized carbons (Fsp3) is 0.533. The second-order valence-corrected chi connectivity index (χ2v) is 7.06. The first-order valence-corrected chi connectivity index (χ1v) is 7.82. The number of hydrogen-bond donors (Lipinski definition) is 2. The average Bonchev–Trinajstić information content (AvgIpc) is 2.30. The number of para-hydroxylation sites is 1. The van der Waals surface area contributed by atoms with Gasteiger partial charge in [-0.15, -0.1) is 0 Å². The Bertz CT molecular complexity index is 459. The highest BCUT2D eigenvalue weighted by atomic mass is 32.2. The summed E-state index contributed by atoms with van der Waals surface area (Å²) >= 11 is 1.99. The molecule has 4 heteroatoms. The van der Waals surface area contributed by atoms with Crippen LogP contribution in [0.3, 0.4) is 0 Å². The highest BCUT2D eigenvalue weighted by molar-refractivity contribution is 7.99. The Balaban J connectivity index is 2.08. The summed E-state index contributed by atoms with van der Waals surface area (Å²) in [5.41, 5.74) is 7.71. The molecule has 0 bridgehead atoms. The molecule has 1 atom stereocenters. The van der Waals surface area contributed by atoms with E-state index in [0.29, 0.717) is 17.9 Å². The highest BCUT2D eigenvalue weighted by Gasteiger charge is 2.28. The summed E-state index contributed by atoms with van der Waals surface area (Å²) in [5.74, 6) is 2.05. The van der Waals surface area contributed by atoms with Crippen molar-refractivity contribution in [1.82, 2.24) is 0 Å². The summed E-state index contributed by atoms with van der Waals surface area (Å²) in [7, 11) is 0. The Morgan fingerprint density at radius 3 is 2.89 bits per heavy atom. The van der Waals surface area contributed by atoms with Crippen LogP contribution < -0.4 is 11.1 Å². The SMILES string of the molecule is CC1(C)CSCC(Nc2ccccc2CC(N)=O)C1. The van der Waals surface area contributed by atoms with E-state index in [0.717, 1.165) is 23.4 Å². The van der Waals surface area contributed by atoms with Crippen LogP contribution in [0.2, 0.25) is 0 Å². The summed E-state index contributed by atoms with van der Waals surface area (Å²) in [6, 6.07) is 8.40. The zero-order chi connectivity index (χ0) is 13.9. The average molecular weight is 278 g/mol. The van der Waals surface area contributed by atoms with E-state index >= 15 is 0 Å². The number of nitrogens with one attached hydrogen (secondary N) is 1. The first-order valence-electron chi connectivity index (χ1n) is 6.67. The Labute approximate surface area is 119 Å². The van der Waals surface area contributed by atoms with Crippen LogP contribution in [0.25, 0.3) is 0 Å². The predicted molar refractivity (Wildman–Crippen MR) is 82.5 cm³/mol. The Hall–Kier alpha value is -1.16. The number of rotatable bonds is 4. The van der Waals surface area contributed by atoms with Gasteiger partial charge in [-0.2, -0.15) is 11.8 Å². The molecule has 1 aromatic carbocycles. The van der Waals surface area contributed by atoms with Crippen molar-refractivity contribution in [3.63, 3.8) is 0 Å². The minimum Gasteiger partial charge on any atom is -0.381 e. The lowest BCUT2D eigenvalue weighted by atomic mass is 9.87. The molecule has 19 heavy (non-hydrogen) atoms. The lowest BCUT2D eigenvalue weighted by Crippen LogP contribution is -2.35. The van der Waals surface area contributed by atoms with E-state index in [4.69, 9.17) is 5.73 Å². The van der Waals surface area contributed by atoms with E-state index in [9.17, 15) is 4.79 Å². The summed E-state index contributed by atoms with van der Waals surface area (Å²) in [6.07, 6.45) is 1.46. The van der Waals surface area contributed by atoms with E-state index in [1.165, 1.54) is 5.75 Å².